The molecule has 1 fully saturated rings. The van der Waals surface area contributed by atoms with Crippen LogP contribution in [0.15, 0.2) is 48.5 Å². The van der Waals surface area contributed by atoms with E-state index in [1.807, 2.05) is 4.90 Å². The summed E-state index contributed by atoms with van der Waals surface area (Å²) < 4.78 is 43.6. The summed E-state index contributed by atoms with van der Waals surface area (Å²) in [7, 11) is 0. The fourth-order valence-corrected chi connectivity index (χ4v) is 3.65. The first-order valence-electron chi connectivity index (χ1n) is 10.0. The lowest BCUT2D eigenvalue weighted by atomic mass is 10.0. The maximum absolute atomic E-state index is 12.9. The van der Waals surface area contributed by atoms with Gasteiger partial charge >= 0.3 is 12.1 Å². The molecule has 0 bridgehead atoms. The van der Waals surface area contributed by atoms with Crippen molar-refractivity contribution >= 4 is 34.7 Å². The smallest absolute Gasteiger partial charge is 0.416 e. The number of alkyl halides is 3. The van der Waals surface area contributed by atoms with Gasteiger partial charge in [-0.2, -0.15) is 13.2 Å². The van der Waals surface area contributed by atoms with Gasteiger partial charge < -0.3 is 20.3 Å². The molecule has 9 heteroatoms. The second-order valence-corrected chi connectivity index (χ2v) is 7.60. The summed E-state index contributed by atoms with van der Waals surface area (Å²) in [5.74, 6) is -0.369. The van der Waals surface area contributed by atoms with Crippen molar-refractivity contribution in [1.82, 2.24) is 4.90 Å². The van der Waals surface area contributed by atoms with E-state index in [1.54, 1.807) is 37.3 Å². The monoisotopic (exact) mass is 451 g/mol. The fraction of sp³-hybridized carbons (Fsp3) is 0.364. The molecule has 0 amide bonds. The van der Waals surface area contributed by atoms with E-state index in [-0.39, 0.29) is 12.0 Å². The highest BCUT2D eigenvalue weighted by molar-refractivity contribution is 7.80. The lowest BCUT2D eigenvalue weighted by molar-refractivity contribution is -0.137. The Labute approximate surface area is 184 Å². The molecule has 2 aromatic rings. The van der Waals surface area contributed by atoms with E-state index in [9.17, 15) is 18.0 Å². The van der Waals surface area contributed by atoms with Crippen molar-refractivity contribution in [2.45, 2.75) is 32.0 Å². The Balaban J connectivity index is 1.49. The number of likely N-dealkylation sites (tertiary alicyclic amines) is 1. The van der Waals surface area contributed by atoms with Gasteiger partial charge in [-0.25, -0.2) is 4.79 Å². The first-order chi connectivity index (χ1) is 14.8. The number of carbonyl (C=O) groups is 1. The summed E-state index contributed by atoms with van der Waals surface area (Å²) in [6, 6.07) is 12.2. The number of hydrogen-bond donors (Lipinski definition) is 2. The third kappa shape index (κ3) is 6.33. The molecule has 2 aromatic carbocycles. The SMILES string of the molecule is CCOC(=O)c1ccc(NC(=S)N2CCC(Nc3cccc(C(F)(F)F)c3)CC2)cc1. The van der Waals surface area contributed by atoms with Crippen molar-refractivity contribution in [3.63, 3.8) is 0 Å². The van der Waals surface area contributed by atoms with Gasteiger partial charge in [0.05, 0.1) is 17.7 Å². The van der Waals surface area contributed by atoms with E-state index in [0.717, 1.165) is 30.7 Å². The number of nitrogens with one attached hydrogen (secondary N) is 2. The summed E-state index contributed by atoms with van der Waals surface area (Å²) in [5, 5.41) is 6.92. The van der Waals surface area contributed by atoms with Gasteiger partial charge in [-0.1, -0.05) is 6.07 Å². The molecular weight excluding hydrogens is 427 g/mol. The number of piperidine rings is 1. The Bertz CT molecular complexity index is 911. The molecule has 0 aliphatic carbocycles. The molecule has 166 valence electrons. The summed E-state index contributed by atoms with van der Waals surface area (Å²) in [6.07, 6.45) is -2.85. The van der Waals surface area contributed by atoms with Crippen LogP contribution in [0.2, 0.25) is 0 Å². The lowest BCUT2D eigenvalue weighted by Gasteiger charge is -2.34. The number of benzene rings is 2. The highest BCUT2D eigenvalue weighted by Crippen LogP contribution is 2.31. The molecule has 5 nitrogen and oxygen atoms in total. The Morgan fingerprint density at radius 1 is 1.13 bits per heavy atom. The molecule has 1 saturated heterocycles. The van der Waals surface area contributed by atoms with Crippen LogP contribution in [-0.4, -0.2) is 41.7 Å². The molecular formula is C22H24F3N3O2S. The molecule has 0 spiro atoms. The number of thiocarbonyl (C=S) groups is 1. The molecule has 1 aliphatic heterocycles. The largest absolute Gasteiger partial charge is 0.462 e. The van der Waals surface area contributed by atoms with E-state index < -0.39 is 11.7 Å². The summed E-state index contributed by atoms with van der Waals surface area (Å²) >= 11 is 5.49. The van der Waals surface area contributed by atoms with Gasteiger partial charge in [0.25, 0.3) is 0 Å². The van der Waals surface area contributed by atoms with Crippen molar-refractivity contribution in [2.75, 3.05) is 30.3 Å². The van der Waals surface area contributed by atoms with Crippen LogP contribution in [0.25, 0.3) is 0 Å². The number of esters is 1. The Morgan fingerprint density at radius 3 is 2.42 bits per heavy atom. The molecule has 1 aliphatic rings. The first-order valence-corrected chi connectivity index (χ1v) is 10.4. The van der Waals surface area contributed by atoms with Crippen LogP contribution in [0.3, 0.4) is 0 Å². The van der Waals surface area contributed by atoms with E-state index in [1.165, 1.54) is 6.07 Å². The standard InChI is InChI=1S/C22H24F3N3O2S/c1-2-30-20(29)15-6-8-17(9-7-15)27-21(31)28-12-10-18(11-13-28)26-19-5-3-4-16(14-19)22(23,24)25/h3-9,14,18,26H,2,10-13H2,1H3,(H,27,31). The van der Waals surface area contributed by atoms with Gasteiger partial charge in [0, 0.05) is 30.5 Å². The van der Waals surface area contributed by atoms with E-state index >= 15 is 0 Å². The van der Waals surface area contributed by atoms with Crippen LogP contribution < -0.4 is 10.6 Å². The number of halogens is 3. The maximum atomic E-state index is 12.9. The topological polar surface area (TPSA) is 53.6 Å². The molecule has 1 heterocycles. The average Bonchev–Trinajstić information content (AvgIpc) is 2.74. The number of rotatable bonds is 5. The Hall–Kier alpha value is -2.81. The first kappa shape index (κ1) is 22.9. The molecule has 3 rings (SSSR count). The Kier molecular flexibility index (Phi) is 7.37. The van der Waals surface area contributed by atoms with Gasteiger partial charge in [-0.05, 0) is 74.4 Å². The molecule has 0 aromatic heterocycles. The third-order valence-corrected chi connectivity index (χ3v) is 5.35. The molecule has 0 atom stereocenters. The summed E-state index contributed by atoms with van der Waals surface area (Å²) in [6.45, 7) is 3.44. The predicted molar refractivity (Wildman–Crippen MR) is 118 cm³/mol. The zero-order valence-corrected chi connectivity index (χ0v) is 17.9. The highest BCUT2D eigenvalue weighted by Gasteiger charge is 2.30. The molecule has 2 N–H and O–H groups in total. The minimum atomic E-state index is -4.35. The minimum absolute atomic E-state index is 0.0754. The number of hydrogen-bond acceptors (Lipinski definition) is 4. The molecule has 0 saturated carbocycles. The second-order valence-electron chi connectivity index (χ2n) is 7.21. The van der Waals surface area contributed by atoms with E-state index in [0.29, 0.717) is 36.1 Å². The van der Waals surface area contributed by atoms with Crippen LogP contribution in [0.1, 0.15) is 35.7 Å². The lowest BCUT2D eigenvalue weighted by Crippen LogP contribution is -2.44. The van der Waals surface area contributed by atoms with Gasteiger partial charge in [-0.3, -0.25) is 0 Å². The van der Waals surface area contributed by atoms with Crippen molar-refractivity contribution in [1.29, 1.82) is 0 Å². The van der Waals surface area contributed by atoms with Gasteiger partial charge in [0.2, 0.25) is 0 Å². The number of nitrogens with zero attached hydrogens (tertiary/aromatic N) is 1. The summed E-state index contributed by atoms with van der Waals surface area (Å²) in [4.78, 5) is 13.7. The maximum Gasteiger partial charge on any atom is 0.416 e. The van der Waals surface area contributed by atoms with Crippen LogP contribution in [0.5, 0.6) is 0 Å². The molecule has 31 heavy (non-hydrogen) atoms. The van der Waals surface area contributed by atoms with Gasteiger partial charge in [-0.15, -0.1) is 0 Å². The van der Waals surface area contributed by atoms with Gasteiger partial charge in [0.15, 0.2) is 5.11 Å². The van der Waals surface area contributed by atoms with Crippen LogP contribution in [0, 0.1) is 0 Å². The van der Waals surface area contributed by atoms with Crippen molar-refractivity contribution in [3.8, 4) is 0 Å². The number of ether oxygens (including phenoxy) is 1. The number of carbonyl (C=O) groups excluding carboxylic acids is 1. The van der Waals surface area contributed by atoms with E-state index in [2.05, 4.69) is 10.6 Å². The van der Waals surface area contributed by atoms with Crippen molar-refractivity contribution in [3.05, 3.63) is 59.7 Å². The van der Waals surface area contributed by atoms with Crippen LogP contribution in [-0.2, 0) is 10.9 Å². The highest BCUT2D eigenvalue weighted by atomic mass is 32.1. The average molecular weight is 452 g/mol. The number of anilines is 2. The normalized spacial score (nSPS) is 14.8. The molecule has 0 unspecified atom stereocenters. The second kappa shape index (κ2) is 10.00. The van der Waals surface area contributed by atoms with Crippen molar-refractivity contribution in [2.24, 2.45) is 0 Å². The summed E-state index contributed by atoms with van der Waals surface area (Å²) in [5.41, 5.74) is 1.05. The quantitative estimate of drug-likeness (QED) is 0.484. The molecule has 0 radical (unpaired) electrons. The third-order valence-electron chi connectivity index (χ3n) is 4.99. The van der Waals surface area contributed by atoms with Crippen LogP contribution >= 0.6 is 12.2 Å². The minimum Gasteiger partial charge on any atom is -0.462 e. The van der Waals surface area contributed by atoms with Crippen molar-refractivity contribution < 1.29 is 22.7 Å². The van der Waals surface area contributed by atoms with Gasteiger partial charge in [0.1, 0.15) is 0 Å². The zero-order valence-electron chi connectivity index (χ0n) is 17.0. The fourth-order valence-electron chi connectivity index (χ4n) is 3.35. The predicted octanol–water partition coefficient (Wildman–Crippen LogP) is 5.16. The Morgan fingerprint density at radius 2 is 1.81 bits per heavy atom. The van der Waals surface area contributed by atoms with E-state index in [4.69, 9.17) is 17.0 Å². The zero-order chi connectivity index (χ0) is 22.4. The van der Waals surface area contributed by atoms with Crippen LogP contribution in [0.4, 0.5) is 24.5 Å².